The first-order chi connectivity index (χ1) is 10.6. The van der Waals surface area contributed by atoms with Gasteiger partial charge in [-0.2, -0.15) is 0 Å². The molecule has 0 unspecified atom stereocenters. The van der Waals surface area contributed by atoms with Crippen molar-refractivity contribution in [2.75, 3.05) is 39.8 Å². The molecule has 0 aromatic carbocycles. The Labute approximate surface area is 133 Å². The monoisotopic (exact) mass is 304 g/mol. The standard InChI is InChI=1S/C17H28N4O/c1-15(21-13-11-20(2)12-14-21)5-10-19-17(22)4-3-16-6-8-18-9-7-16/h6-9,15H,3-5,10-14H2,1-2H3,(H,19,22)/t15-/m0/s1. The Morgan fingerprint density at radius 1 is 1.27 bits per heavy atom. The number of likely N-dealkylation sites (N-methyl/N-ethyl adjacent to an activating group) is 1. The summed E-state index contributed by atoms with van der Waals surface area (Å²) in [7, 11) is 2.17. The van der Waals surface area contributed by atoms with Gasteiger partial charge >= 0.3 is 0 Å². The normalized spacial score (nSPS) is 18.1. The lowest BCUT2D eigenvalue weighted by atomic mass is 10.1. The van der Waals surface area contributed by atoms with Crippen LogP contribution in [0.5, 0.6) is 0 Å². The van der Waals surface area contributed by atoms with E-state index in [1.165, 1.54) is 0 Å². The van der Waals surface area contributed by atoms with E-state index in [0.29, 0.717) is 12.5 Å². The van der Waals surface area contributed by atoms with Crippen molar-refractivity contribution in [3.8, 4) is 0 Å². The molecule has 5 heteroatoms. The molecule has 1 amide bonds. The summed E-state index contributed by atoms with van der Waals surface area (Å²) in [6.07, 6.45) is 5.88. The minimum absolute atomic E-state index is 0.141. The van der Waals surface area contributed by atoms with Crippen LogP contribution in [0.3, 0.4) is 0 Å². The Balaban J connectivity index is 1.58. The van der Waals surface area contributed by atoms with Crippen molar-refractivity contribution in [1.82, 2.24) is 20.1 Å². The molecule has 1 atom stereocenters. The summed E-state index contributed by atoms with van der Waals surface area (Å²) < 4.78 is 0. The van der Waals surface area contributed by atoms with E-state index in [1.54, 1.807) is 12.4 Å². The molecular formula is C17H28N4O. The Morgan fingerprint density at radius 2 is 1.95 bits per heavy atom. The molecule has 5 nitrogen and oxygen atoms in total. The second kappa shape index (κ2) is 8.86. The number of carbonyl (C=O) groups excluding carboxylic acids is 1. The van der Waals surface area contributed by atoms with Gasteiger partial charge in [0.15, 0.2) is 0 Å². The van der Waals surface area contributed by atoms with Gasteiger partial charge in [-0.3, -0.25) is 14.7 Å². The van der Waals surface area contributed by atoms with Crippen molar-refractivity contribution in [1.29, 1.82) is 0 Å². The number of piperazine rings is 1. The summed E-state index contributed by atoms with van der Waals surface area (Å²) in [5.41, 5.74) is 1.16. The number of rotatable bonds is 7. The van der Waals surface area contributed by atoms with Crippen LogP contribution in [-0.2, 0) is 11.2 Å². The first-order valence-corrected chi connectivity index (χ1v) is 8.23. The molecule has 2 rings (SSSR count). The highest BCUT2D eigenvalue weighted by molar-refractivity contribution is 5.76. The highest BCUT2D eigenvalue weighted by atomic mass is 16.1. The fraction of sp³-hybridized carbons (Fsp3) is 0.647. The zero-order valence-electron chi connectivity index (χ0n) is 13.8. The maximum atomic E-state index is 11.9. The van der Waals surface area contributed by atoms with E-state index in [-0.39, 0.29) is 5.91 Å². The molecule has 1 fully saturated rings. The number of pyridine rings is 1. The van der Waals surface area contributed by atoms with E-state index in [2.05, 4.69) is 34.1 Å². The second-order valence-corrected chi connectivity index (χ2v) is 6.18. The Bertz CT molecular complexity index is 443. The molecule has 22 heavy (non-hydrogen) atoms. The lowest BCUT2D eigenvalue weighted by Gasteiger charge is -2.36. The summed E-state index contributed by atoms with van der Waals surface area (Å²) in [5.74, 6) is 0.141. The largest absolute Gasteiger partial charge is 0.356 e. The number of amides is 1. The number of nitrogens with zero attached hydrogens (tertiary/aromatic N) is 3. The number of carbonyl (C=O) groups is 1. The highest BCUT2D eigenvalue weighted by Crippen LogP contribution is 2.07. The summed E-state index contributed by atoms with van der Waals surface area (Å²) in [6, 6.07) is 4.46. The molecule has 0 aliphatic carbocycles. The lowest BCUT2D eigenvalue weighted by Crippen LogP contribution is -2.48. The third kappa shape index (κ3) is 5.73. The molecule has 2 heterocycles. The molecular weight excluding hydrogens is 276 g/mol. The van der Waals surface area contributed by atoms with Crippen molar-refractivity contribution in [3.05, 3.63) is 30.1 Å². The fourth-order valence-electron chi connectivity index (χ4n) is 2.76. The fourth-order valence-corrected chi connectivity index (χ4v) is 2.76. The number of nitrogens with one attached hydrogen (secondary N) is 1. The predicted octanol–water partition coefficient (Wildman–Crippen LogP) is 1.16. The molecule has 122 valence electrons. The molecule has 0 saturated carbocycles. The van der Waals surface area contributed by atoms with E-state index < -0.39 is 0 Å². The molecule has 1 N–H and O–H groups in total. The highest BCUT2D eigenvalue weighted by Gasteiger charge is 2.18. The van der Waals surface area contributed by atoms with Crippen LogP contribution in [-0.4, -0.2) is 66.5 Å². The van der Waals surface area contributed by atoms with E-state index in [9.17, 15) is 4.79 Å². The van der Waals surface area contributed by atoms with Gasteiger partial charge in [-0.15, -0.1) is 0 Å². The maximum absolute atomic E-state index is 11.9. The van der Waals surface area contributed by atoms with Gasteiger partial charge < -0.3 is 10.2 Å². The quantitative estimate of drug-likeness (QED) is 0.821. The Morgan fingerprint density at radius 3 is 2.64 bits per heavy atom. The van der Waals surface area contributed by atoms with Gasteiger partial charge in [-0.25, -0.2) is 0 Å². The van der Waals surface area contributed by atoms with E-state index in [1.807, 2.05) is 12.1 Å². The van der Waals surface area contributed by atoms with E-state index in [0.717, 1.165) is 51.1 Å². The second-order valence-electron chi connectivity index (χ2n) is 6.18. The van der Waals surface area contributed by atoms with Gasteiger partial charge in [-0.05, 0) is 44.5 Å². The number of aryl methyl sites for hydroxylation is 1. The number of aromatic nitrogens is 1. The minimum Gasteiger partial charge on any atom is -0.356 e. The van der Waals surface area contributed by atoms with Crippen LogP contribution in [0, 0.1) is 0 Å². The molecule has 1 aliphatic rings. The van der Waals surface area contributed by atoms with Gasteiger partial charge in [0, 0.05) is 57.6 Å². The Hall–Kier alpha value is -1.46. The summed E-state index contributed by atoms with van der Waals surface area (Å²) >= 11 is 0. The molecule has 0 radical (unpaired) electrons. The zero-order chi connectivity index (χ0) is 15.8. The van der Waals surface area contributed by atoms with Gasteiger partial charge in [-0.1, -0.05) is 0 Å². The summed E-state index contributed by atoms with van der Waals surface area (Å²) in [6.45, 7) is 7.57. The van der Waals surface area contributed by atoms with Crippen molar-refractivity contribution in [2.24, 2.45) is 0 Å². The lowest BCUT2D eigenvalue weighted by molar-refractivity contribution is -0.121. The van der Waals surface area contributed by atoms with Crippen molar-refractivity contribution < 1.29 is 4.79 Å². The molecule has 1 aliphatic heterocycles. The zero-order valence-corrected chi connectivity index (χ0v) is 13.8. The first kappa shape index (κ1) is 16.9. The van der Waals surface area contributed by atoms with E-state index in [4.69, 9.17) is 0 Å². The van der Waals surface area contributed by atoms with Gasteiger partial charge in [0.1, 0.15) is 0 Å². The average molecular weight is 304 g/mol. The summed E-state index contributed by atoms with van der Waals surface area (Å²) in [5, 5.41) is 3.04. The van der Waals surface area contributed by atoms with Crippen LogP contribution < -0.4 is 5.32 Å². The molecule has 0 bridgehead atoms. The van der Waals surface area contributed by atoms with Crippen LogP contribution in [0.4, 0.5) is 0 Å². The SMILES string of the molecule is C[C@@H](CCNC(=O)CCc1ccncc1)N1CCN(C)CC1. The van der Waals surface area contributed by atoms with Crippen LogP contribution >= 0.6 is 0 Å². The summed E-state index contributed by atoms with van der Waals surface area (Å²) in [4.78, 5) is 20.7. The first-order valence-electron chi connectivity index (χ1n) is 8.23. The van der Waals surface area contributed by atoms with Crippen LogP contribution in [0.15, 0.2) is 24.5 Å². The van der Waals surface area contributed by atoms with Gasteiger partial charge in [0.2, 0.25) is 5.91 Å². The van der Waals surface area contributed by atoms with Crippen molar-refractivity contribution in [2.45, 2.75) is 32.2 Å². The third-order valence-electron chi connectivity index (χ3n) is 4.44. The molecule has 0 spiro atoms. The van der Waals surface area contributed by atoms with Crippen LogP contribution in [0.2, 0.25) is 0 Å². The smallest absolute Gasteiger partial charge is 0.220 e. The van der Waals surface area contributed by atoms with Crippen LogP contribution in [0.1, 0.15) is 25.3 Å². The maximum Gasteiger partial charge on any atom is 0.220 e. The number of hydrogen-bond acceptors (Lipinski definition) is 4. The minimum atomic E-state index is 0.141. The predicted molar refractivity (Wildman–Crippen MR) is 88.7 cm³/mol. The molecule has 1 aromatic rings. The van der Waals surface area contributed by atoms with Gasteiger partial charge in [0.25, 0.3) is 0 Å². The van der Waals surface area contributed by atoms with Crippen molar-refractivity contribution in [3.63, 3.8) is 0 Å². The molecule has 1 saturated heterocycles. The Kier molecular flexibility index (Phi) is 6.80. The number of hydrogen-bond donors (Lipinski definition) is 1. The van der Waals surface area contributed by atoms with E-state index >= 15 is 0 Å². The topological polar surface area (TPSA) is 48.5 Å². The van der Waals surface area contributed by atoms with Gasteiger partial charge in [0.05, 0.1) is 0 Å². The average Bonchev–Trinajstić information content (AvgIpc) is 2.54. The third-order valence-corrected chi connectivity index (χ3v) is 4.44. The molecule has 1 aromatic heterocycles. The van der Waals surface area contributed by atoms with Crippen molar-refractivity contribution >= 4 is 5.91 Å². The van der Waals surface area contributed by atoms with Crippen LogP contribution in [0.25, 0.3) is 0 Å².